The van der Waals surface area contributed by atoms with E-state index in [1.165, 1.54) is 12.7 Å². The topological polar surface area (TPSA) is 203 Å². The summed E-state index contributed by atoms with van der Waals surface area (Å²) in [4.78, 5) is 69.4. The number of nitrogens with zero attached hydrogens (tertiary/aromatic N) is 2. The molecule has 0 saturated heterocycles. The van der Waals surface area contributed by atoms with E-state index in [0.29, 0.717) is 43.8 Å². The molecule has 62 heavy (non-hydrogen) atoms. The van der Waals surface area contributed by atoms with Crippen LogP contribution < -0.4 is 21.3 Å². The summed E-state index contributed by atoms with van der Waals surface area (Å²) < 4.78 is 5.50. The van der Waals surface area contributed by atoms with Gasteiger partial charge in [0, 0.05) is 44.1 Å². The number of ether oxygens (including phenoxy) is 1. The van der Waals surface area contributed by atoms with Crippen molar-refractivity contribution in [2.45, 2.75) is 154 Å². The summed E-state index contributed by atoms with van der Waals surface area (Å²) in [6.07, 6.45) is 11.9. The maximum Gasteiger partial charge on any atom is 0.408 e. The van der Waals surface area contributed by atoms with Gasteiger partial charge in [0.1, 0.15) is 23.5 Å². The number of carbonyl (C=O) groups excluding carboxylic acids is 4. The molecule has 0 unspecified atom stereocenters. The van der Waals surface area contributed by atoms with Crippen LogP contribution >= 0.6 is 0 Å². The number of rotatable bonds is 23. The molecule has 1 aliphatic carbocycles. The van der Waals surface area contributed by atoms with Crippen LogP contribution in [0.5, 0.6) is 0 Å². The minimum Gasteiger partial charge on any atom is -0.444 e. The summed E-state index contributed by atoms with van der Waals surface area (Å²) >= 11 is 0. The summed E-state index contributed by atoms with van der Waals surface area (Å²) in [5.74, 6) is 0.624. The first-order chi connectivity index (χ1) is 29.7. The zero-order chi connectivity index (χ0) is 44.5. The molecule has 5 atom stereocenters. The Morgan fingerprint density at radius 1 is 0.887 bits per heavy atom. The Morgan fingerprint density at radius 2 is 1.60 bits per heavy atom. The summed E-state index contributed by atoms with van der Waals surface area (Å²) in [6.45, 7) is 9.99. The number of H-pyrrole nitrogens is 2. The van der Waals surface area contributed by atoms with Crippen LogP contribution in [-0.4, -0.2) is 85.2 Å². The van der Waals surface area contributed by atoms with Gasteiger partial charge in [-0.25, -0.2) is 14.8 Å². The molecule has 2 heterocycles. The van der Waals surface area contributed by atoms with Crippen molar-refractivity contribution in [3.05, 3.63) is 84.2 Å². The number of carbonyl (C=O) groups is 4. The Morgan fingerprint density at radius 3 is 2.29 bits per heavy atom. The van der Waals surface area contributed by atoms with E-state index in [4.69, 9.17) is 4.74 Å². The lowest BCUT2D eigenvalue weighted by molar-refractivity contribution is -0.131. The molecule has 0 aliphatic heterocycles. The van der Waals surface area contributed by atoms with E-state index in [0.717, 1.165) is 67.4 Å². The molecular weight excluding hydrogens is 785 g/mol. The number of alkyl carbamates (subject to hydrolysis) is 1. The van der Waals surface area contributed by atoms with Crippen LogP contribution in [0.2, 0.25) is 0 Å². The third-order valence-corrected chi connectivity index (χ3v) is 11.8. The molecule has 1 fully saturated rings. The van der Waals surface area contributed by atoms with Crippen LogP contribution in [0.1, 0.15) is 122 Å². The fraction of sp³-hybridized carbons (Fsp3) is 0.583. The first kappa shape index (κ1) is 47.8. The van der Waals surface area contributed by atoms with Gasteiger partial charge in [-0.1, -0.05) is 88.4 Å². The van der Waals surface area contributed by atoms with Gasteiger partial charge in [-0.05, 0) is 88.3 Å². The Bertz CT molecular complexity index is 1940. The Kier molecular flexibility index (Phi) is 18.4. The van der Waals surface area contributed by atoms with E-state index in [1.807, 2.05) is 54.6 Å². The highest BCUT2D eigenvalue weighted by Crippen LogP contribution is 2.30. The second-order valence-corrected chi connectivity index (χ2v) is 18.4. The highest BCUT2D eigenvalue weighted by atomic mass is 16.6. The number of para-hydroxylation sites is 2. The van der Waals surface area contributed by atoms with Crippen LogP contribution in [0, 0.1) is 17.8 Å². The number of hydrogen-bond acceptors (Lipinski definition) is 8. The number of amides is 4. The van der Waals surface area contributed by atoms with Gasteiger partial charge < -0.3 is 41.1 Å². The lowest BCUT2D eigenvalue weighted by Gasteiger charge is -2.34. The van der Waals surface area contributed by atoms with E-state index in [2.05, 4.69) is 55.1 Å². The predicted octanol–water partition coefficient (Wildman–Crippen LogP) is 6.85. The highest BCUT2D eigenvalue weighted by Gasteiger charge is 2.34. The van der Waals surface area contributed by atoms with Gasteiger partial charge in [0.2, 0.25) is 17.7 Å². The molecule has 0 radical (unpaired) electrons. The van der Waals surface area contributed by atoms with Gasteiger partial charge in [0.15, 0.2) is 0 Å². The van der Waals surface area contributed by atoms with Crippen LogP contribution in [0.4, 0.5) is 4.79 Å². The minimum atomic E-state index is -1.04. The monoisotopic (exact) mass is 855 g/mol. The quantitative estimate of drug-likeness (QED) is 0.0393. The second-order valence-electron chi connectivity index (χ2n) is 18.4. The van der Waals surface area contributed by atoms with Crippen molar-refractivity contribution in [2.75, 3.05) is 6.54 Å². The normalized spacial score (nSPS) is 15.9. The zero-order valence-corrected chi connectivity index (χ0v) is 37.4. The van der Waals surface area contributed by atoms with Gasteiger partial charge >= 0.3 is 6.09 Å². The van der Waals surface area contributed by atoms with Crippen LogP contribution in [0.25, 0.3) is 11.0 Å². The van der Waals surface area contributed by atoms with Gasteiger partial charge in [-0.2, -0.15) is 0 Å². The number of fused-ring (bicyclic) bond motifs is 1. The predicted molar refractivity (Wildman–Crippen MR) is 241 cm³/mol. The van der Waals surface area contributed by atoms with E-state index in [-0.39, 0.29) is 30.6 Å². The van der Waals surface area contributed by atoms with E-state index in [9.17, 15) is 24.3 Å². The number of aromatic amines is 2. The molecule has 4 amide bonds. The fourth-order valence-electron chi connectivity index (χ4n) is 8.37. The largest absolute Gasteiger partial charge is 0.444 e. The summed E-state index contributed by atoms with van der Waals surface area (Å²) in [5, 5.41) is 23.9. The number of unbranched alkanes of at least 4 members (excludes halogenated alkanes) is 1. The molecule has 2 aromatic heterocycles. The SMILES string of the molecule is CC(C)[C@@H](CCNC(=O)CCCCc1nc2ccccc2[nH]1)C[C@H](O)[C@H](CC1CCCCC1)NC(=O)[C@H](Cc1cnc[nH]1)NC(=O)[C@H](Cc1ccccc1)NC(=O)OC(C)(C)C. The number of hydrogen-bond donors (Lipinski definition) is 7. The first-order valence-electron chi connectivity index (χ1n) is 22.7. The number of benzene rings is 2. The smallest absolute Gasteiger partial charge is 0.408 e. The van der Waals surface area contributed by atoms with E-state index >= 15 is 0 Å². The lowest BCUT2D eigenvalue weighted by Crippen LogP contribution is -2.57. The van der Waals surface area contributed by atoms with Gasteiger partial charge in [-0.15, -0.1) is 0 Å². The van der Waals surface area contributed by atoms with Gasteiger partial charge in [-0.3, -0.25) is 14.4 Å². The Hall–Kier alpha value is -5.24. The summed E-state index contributed by atoms with van der Waals surface area (Å²) in [6, 6.07) is 14.6. The molecule has 0 spiro atoms. The molecule has 1 aliphatic rings. The molecular formula is C48H70N8O6. The fourth-order valence-corrected chi connectivity index (χ4v) is 8.37. The zero-order valence-electron chi connectivity index (χ0n) is 37.4. The number of aliphatic hydroxyl groups excluding tert-OH is 1. The molecule has 5 rings (SSSR count). The van der Waals surface area contributed by atoms with Crippen molar-refractivity contribution in [3.63, 3.8) is 0 Å². The average molecular weight is 855 g/mol. The highest BCUT2D eigenvalue weighted by molar-refractivity contribution is 5.91. The maximum absolute atomic E-state index is 14.4. The van der Waals surface area contributed by atoms with Crippen molar-refractivity contribution in [3.8, 4) is 0 Å². The van der Waals surface area contributed by atoms with Gasteiger partial charge in [0.25, 0.3) is 0 Å². The van der Waals surface area contributed by atoms with E-state index < -0.39 is 47.7 Å². The minimum absolute atomic E-state index is 0.0118. The standard InChI is InChI=1S/C48H70N8O6/c1-32(2)35(24-25-50-44(58)23-15-14-22-43-52-37-20-12-13-21-38(37)53-43)28-42(57)39(26-33-16-8-6-9-17-33)54-46(60)41(29-36-30-49-31-51-36)55-45(59)40(27-34-18-10-7-11-19-34)56-47(61)62-48(3,4)5/h7,10-13,18-21,30-33,35,39-42,57H,6,8-9,14-17,22-29H2,1-5H3,(H,49,51)(H,50,58)(H,52,53)(H,54,60)(H,55,59)(H,56,61)/t35-,39-,40-,41-,42-/m0/s1. The molecule has 14 heteroatoms. The average Bonchev–Trinajstić information content (AvgIpc) is 3.91. The summed E-state index contributed by atoms with van der Waals surface area (Å²) in [7, 11) is 0. The molecule has 4 aromatic rings. The maximum atomic E-state index is 14.4. The molecule has 0 bridgehead atoms. The molecule has 14 nitrogen and oxygen atoms in total. The molecule has 2 aromatic carbocycles. The second kappa shape index (κ2) is 23.8. The van der Waals surface area contributed by atoms with Crippen molar-refractivity contribution in [1.29, 1.82) is 0 Å². The Balaban J connectivity index is 1.21. The molecule has 338 valence electrons. The van der Waals surface area contributed by atoms with Crippen molar-refractivity contribution >= 4 is 34.8 Å². The lowest BCUT2D eigenvalue weighted by atomic mass is 9.80. The number of aromatic nitrogens is 4. The van der Waals surface area contributed by atoms with Gasteiger partial charge in [0.05, 0.1) is 29.5 Å². The third kappa shape index (κ3) is 16.2. The molecule has 1 saturated carbocycles. The van der Waals surface area contributed by atoms with Crippen LogP contribution in [0.3, 0.4) is 0 Å². The van der Waals surface area contributed by atoms with Crippen molar-refractivity contribution < 1.29 is 29.0 Å². The number of aliphatic hydroxyl groups is 1. The van der Waals surface area contributed by atoms with Crippen molar-refractivity contribution in [1.82, 2.24) is 41.2 Å². The van der Waals surface area contributed by atoms with Crippen molar-refractivity contribution in [2.24, 2.45) is 17.8 Å². The van der Waals surface area contributed by atoms with E-state index in [1.54, 1.807) is 27.0 Å². The Labute approximate surface area is 367 Å². The number of nitrogens with one attached hydrogen (secondary N) is 6. The number of imidazole rings is 2. The summed E-state index contributed by atoms with van der Waals surface area (Å²) in [5.41, 5.74) is 2.65. The molecule has 7 N–H and O–H groups in total. The van der Waals surface area contributed by atoms with Crippen LogP contribution in [-0.2, 0) is 38.4 Å². The first-order valence-corrected chi connectivity index (χ1v) is 22.7. The third-order valence-electron chi connectivity index (χ3n) is 11.8. The van der Waals surface area contributed by atoms with Crippen LogP contribution in [0.15, 0.2) is 67.1 Å². The number of aryl methyl sites for hydroxylation is 1.